The van der Waals surface area contributed by atoms with Gasteiger partial charge in [-0.25, -0.2) is 0 Å². The van der Waals surface area contributed by atoms with Crippen LogP contribution in [0.2, 0.25) is 0 Å². The van der Waals surface area contributed by atoms with Crippen molar-refractivity contribution in [3.05, 3.63) is 88.4 Å². The molecule has 3 nitrogen and oxygen atoms in total. The molecule has 1 aromatic carbocycles. The van der Waals surface area contributed by atoms with Crippen LogP contribution in [0.3, 0.4) is 0 Å². The Morgan fingerprint density at radius 2 is 1.82 bits per heavy atom. The van der Waals surface area contributed by atoms with Gasteiger partial charge in [-0.1, -0.05) is 42.5 Å². The molecular weight excluding hydrogens is 362 g/mol. The van der Waals surface area contributed by atoms with Crippen LogP contribution in [-0.4, -0.2) is 35.1 Å². The molecule has 3 aliphatic rings. The molecule has 2 bridgehead atoms. The molecule has 144 valence electrons. The number of nitrogens with zero attached hydrogens (tertiary/aromatic N) is 2. The molecule has 0 amide bonds. The van der Waals surface area contributed by atoms with Crippen LogP contribution in [0, 0.1) is 5.92 Å². The van der Waals surface area contributed by atoms with Crippen molar-refractivity contribution in [2.45, 2.75) is 37.4 Å². The molecule has 2 aromatic heterocycles. The van der Waals surface area contributed by atoms with Crippen molar-refractivity contribution in [2.75, 3.05) is 13.1 Å². The number of fused-ring (bicyclic) bond motifs is 3. The van der Waals surface area contributed by atoms with E-state index in [2.05, 4.69) is 81.4 Å². The smallest absolute Gasteiger partial charge is 0.0361 e. The van der Waals surface area contributed by atoms with Crippen molar-refractivity contribution < 1.29 is 0 Å². The molecule has 1 N–H and O–H groups in total. The Kier molecular flexibility index (Phi) is 5.26. The zero-order chi connectivity index (χ0) is 18.8. The average molecular weight is 390 g/mol. The summed E-state index contributed by atoms with van der Waals surface area (Å²) in [6.45, 7) is 3.41. The summed E-state index contributed by atoms with van der Waals surface area (Å²) in [5, 5.41) is 6.15. The summed E-state index contributed by atoms with van der Waals surface area (Å²) in [5.74, 6) is 1.11. The van der Waals surface area contributed by atoms with Crippen molar-refractivity contribution in [3.8, 4) is 0 Å². The van der Waals surface area contributed by atoms with E-state index in [-0.39, 0.29) is 0 Å². The Hall–Kier alpha value is -2.01. The Morgan fingerprint density at radius 1 is 1.00 bits per heavy atom. The minimum atomic E-state index is 0.346. The lowest BCUT2D eigenvalue weighted by molar-refractivity contribution is 0.00474. The number of benzene rings is 1. The van der Waals surface area contributed by atoms with Gasteiger partial charge in [-0.05, 0) is 60.5 Å². The number of hydrogen-bond acceptors (Lipinski definition) is 4. The lowest BCUT2D eigenvalue weighted by Crippen LogP contribution is -2.64. The molecule has 5 heterocycles. The standard InChI is InChI=1S/C24H27N3S/c1-2-6-18(7-3-1)22(20-8-4-12-25-16-20)24-23(19-10-13-27(24)14-11-19)26-17-21-9-5-15-28-21/h1-9,12,15-16,19,22-24,26H,10-11,13-14,17H2/t22?,23-,24+/m1/s1. The van der Waals surface area contributed by atoms with Crippen LogP contribution in [0.1, 0.15) is 34.8 Å². The van der Waals surface area contributed by atoms with Crippen LogP contribution in [0.15, 0.2) is 72.4 Å². The number of rotatable bonds is 6. The second-order valence-electron chi connectivity index (χ2n) is 8.02. The lowest BCUT2D eigenvalue weighted by atomic mass is 9.70. The van der Waals surface area contributed by atoms with E-state index in [1.54, 1.807) is 0 Å². The largest absolute Gasteiger partial charge is 0.307 e. The Labute approximate surface area is 171 Å². The zero-order valence-electron chi connectivity index (χ0n) is 16.1. The topological polar surface area (TPSA) is 28.2 Å². The summed E-state index contributed by atoms with van der Waals surface area (Å²) in [6.07, 6.45) is 6.57. The second-order valence-corrected chi connectivity index (χ2v) is 9.06. The third-order valence-electron chi connectivity index (χ3n) is 6.51. The highest BCUT2D eigenvalue weighted by molar-refractivity contribution is 7.09. The molecule has 3 aliphatic heterocycles. The fraction of sp³-hybridized carbons (Fsp3) is 0.375. The third kappa shape index (κ3) is 3.52. The molecule has 0 aliphatic carbocycles. The number of aromatic nitrogens is 1. The Balaban J connectivity index is 1.51. The molecule has 0 spiro atoms. The minimum absolute atomic E-state index is 0.346. The summed E-state index contributed by atoms with van der Waals surface area (Å²) >= 11 is 1.85. The van der Waals surface area contributed by atoms with Crippen LogP contribution in [0.4, 0.5) is 0 Å². The van der Waals surface area contributed by atoms with Crippen LogP contribution in [-0.2, 0) is 6.54 Å². The molecule has 0 saturated carbocycles. The van der Waals surface area contributed by atoms with Gasteiger partial charge in [-0.15, -0.1) is 11.3 Å². The van der Waals surface area contributed by atoms with E-state index < -0.39 is 0 Å². The first-order valence-corrected chi connectivity index (χ1v) is 11.2. The van der Waals surface area contributed by atoms with Crippen LogP contribution in [0.25, 0.3) is 0 Å². The van der Waals surface area contributed by atoms with Gasteiger partial charge < -0.3 is 5.32 Å². The van der Waals surface area contributed by atoms with Gasteiger partial charge in [0.2, 0.25) is 0 Å². The molecule has 28 heavy (non-hydrogen) atoms. The number of pyridine rings is 1. The van der Waals surface area contributed by atoms with Crippen molar-refractivity contribution in [2.24, 2.45) is 5.92 Å². The SMILES string of the molecule is c1ccc(C(c2cccnc2)[C@H]2[C@H](NCc3cccs3)C3CCN2CC3)cc1. The molecule has 0 radical (unpaired) electrons. The van der Waals surface area contributed by atoms with E-state index in [0.717, 1.165) is 12.5 Å². The van der Waals surface area contributed by atoms with E-state index in [9.17, 15) is 0 Å². The van der Waals surface area contributed by atoms with Gasteiger partial charge >= 0.3 is 0 Å². The summed E-state index contributed by atoms with van der Waals surface area (Å²) < 4.78 is 0. The van der Waals surface area contributed by atoms with Gasteiger partial charge in [-0.2, -0.15) is 0 Å². The summed E-state index contributed by atoms with van der Waals surface area (Å²) in [5.41, 5.74) is 2.73. The normalized spacial score (nSPS) is 27.6. The zero-order valence-corrected chi connectivity index (χ0v) is 16.9. The van der Waals surface area contributed by atoms with E-state index >= 15 is 0 Å². The van der Waals surface area contributed by atoms with Crippen LogP contribution < -0.4 is 5.32 Å². The first-order valence-electron chi connectivity index (χ1n) is 10.3. The van der Waals surface area contributed by atoms with Gasteiger partial charge in [-0.3, -0.25) is 9.88 Å². The number of hydrogen-bond donors (Lipinski definition) is 1. The highest BCUT2D eigenvalue weighted by Crippen LogP contribution is 2.42. The molecular formula is C24H27N3S. The van der Waals surface area contributed by atoms with Gasteiger partial charge in [0.05, 0.1) is 0 Å². The summed E-state index contributed by atoms with van der Waals surface area (Å²) in [6, 6.07) is 20.7. The van der Waals surface area contributed by atoms with Gasteiger partial charge in [0.1, 0.15) is 0 Å². The lowest BCUT2D eigenvalue weighted by Gasteiger charge is -2.54. The minimum Gasteiger partial charge on any atom is -0.307 e. The first kappa shape index (κ1) is 18.0. The van der Waals surface area contributed by atoms with Gasteiger partial charge in [0.25, 0.3) is 0 Å². The molecule has 1 unspecified atom stereocenters. The van der Waals surface area contributed by atoms with E-state index in [1.165, 1.54) is 41.9 Å². The fourth-order valence-corrected chi connectivity index (χ4v) is 5.88. The quantitative estimate of drug-likeness (QED) is 0.671. The van der Waals surface area contributed by atoms with E-state index in [0.29, 0.717) is 18.0 Å². The summed E-state index contributed by atoms with van der Waals surface area (Å²) in [4.78, 5) is 8.62. The molecule has 3 saturated heterocycles. The van der Waals surface area contributed by atoms with E-state index in [4.69, 9.17) is 0 Å². The maximum Gasteiger partial charge on any atom is 0.0361 e. The molecule has 6 rings (SSSR count). The predicted molar refractivity (Wildman–Crippen MR) is 116 cm³/mol. The highest BCUT2D eigenvalue weighted by atomic mass is 32.1. The average Bonchev–Trinajstić information content (AvgIpc) is 3.29. The van der Waals surface area contributed by atoms with Crippen molar-refractivity contribution >= 4 is 11.3 Å². The molecule has 3 fully saturated rings. The molecule has 3 aromatic rings. The van der Waals surface area contributed by atoms with Crippen LogP contribution >= 0.6 is 11.3 Å². The maximum absolute atomic E-state index is 4.46. The number of nitrogens with one attached hydrogen (secondary N) is 1. The Bertz CT molecular complexity index is 818. The van der Waals surface area contributed by atoms with Gasteiger partial charge in [0.15, 0.2) is 0 Å². The Morgan fingerprint density at radius 3 is 2.54 bits per heavy atom. The monoisotopic (exact) mass is 389 g/mol. The third-order valence-corrected chi connectivity index (χ3v) is 7.38. The summed E-state index contributed by atoms with van der Waals surface area (Å²) in [7, 11) is 0. The fourth-order valence-electron chi connectivity index (χ4n) is 5.23. The first-order chi connectivity index (χ1) is 13.9. The molecule has 3 atom stereocenters. The van der Waals surface area contributed by atoms with Crippen LogP contribution in [0.5, 0.6) is 0 Å². The number of piperidine rings is 3. The molecule has 4 heteroatoms. The highest BCUT2D eigenvalue weighted by Gasteiger charge is 2.46. The maximum atomic E-state index is 4.46. The van der Waals surface area contributed by atoms with Crippen molar-refractivity contribution in [1.82, 2.24) is 15.2 Å². The number of thiophene rings is 1. The van der Waals surface area contributed by atoms with Crippen molar-refractivity contribution in [3.63, 3.8) is 0 Å². The van der Waals surface area contributed by atoms with Crippen molar-refractivity contribution in [1.29, 1.82) is 0 Å². The second kappa shape index (κ2) is 8.16. The predicted octanol–water partition coefficient (Wildman–Crippen LogP) is 4.53. The van der Waals surface area contributed by atoms with Gasteiger partial charge in [0, 0.05) is 41.8 Å². The van der Waals surface area contributed by atoms with E-state index in [1.807, 2.05) is 17.5 Å².